The van der Waals surface area contributed by atoms with Gasteiger partial charge in [-0.05, 0) is 31.5 Å². The molecular formula is C11H15BrFNO. The van der Waals surface area contributed by atoms with E-state index in [2.05, 4.69) is 15.9 Å². The number of benzene rings is 1. The maximum Gasteiger partial charge on any atom is 0.124 e. The number of halogens is 2. The van der Waals surface area contributed by atoms with Crippen LogP contribution in [0.4, 0.5) is 4.39 Å². The Labute approximate surface area is 97.7 Å². The van der Waals surface area contributed by atoms with Crippen molar-refractivity contribution in [3.05, 3.63) is 34.1 Å². The van der Waals surface area contributed by atoms with Crippen molar-refractivity contribution in [1.29, 1.82) is 0 Å². The van der Waals surface area contributed by atoms with Crippen LogP contribution in [-0.2, 0) is 4.74 Å². The minimum absolute atomic E-state index is 0.148. The van der Waals surface area contributed by atoms with Gasteiger partial charge < -0.3 is 10.5 Å². The largest absolute Gasteiger partial charge is 0.377 e. The molecule has 0 saturated heterocycles. The average molecular weight is 276 g/mol. The molecule has 1 atom stereocenters. The first-order valence-corrected chi connectivity index (χ1v) is 5.62. The van der Waals surface area contributed by atoms with Crippen molar-refractivity contribution in [2.75, 3.05) is 6.61 Å². The van der Waals surface area contributed by atoms with Gasteiger partial charge in [-0.3, -0.25) is 0 Å². The summed E-state index contributed by atoms with van der Waals surface area (Å²) in [6, 6.07) is 4.25. The van der Waals surface area contributed by atoms with Crippen LogP contribution in [0.5, 0.6) is 0 Å². The molecule has 0 fully saturated rings. The first-order valence-electron chi connectivity index (χ1n) is 4.83. The fourth-order valence-corrected chi connectivity index (χ4v) is 1.83. The number of rotatable bonds is 4. The molecule has 0 spiro atoms. The first kappa shape index (κ1) is 12.6. The molecule has 1 unspecified atom stereocenters. The van der Waals surface area contributed by atoms with E-state index in [0.717, 1.165) is 5.56 Å². The Hall–Kier alpha value is -0.450. The van der Waals surface area contributed by atoms with Crippen LogP contribution >= 0.6 is 15.9 Å². The molecule has 1 aromatic carbocycles. The van der Waals surface area contributed by atoms with Gasteiger partial charge in [0.25, 0.3) is 0 Å². The molecular weight excluding hydrogens is 261 g/mol. The quantitative estimate of drug-likeness (QED) is 0.917. The van der Waals surface area contributed by atoms with Crippen LogP contribution < -0.4 is 5.73 Å². The molecule has 0 aliphatic carbocycles. The Morgan fingerprint density at radius 3 is 2.67 bits per heavy atom. The number of hydrogen-bond donors (Lipinski definition) is 1. The second kappa shape index (κ2) is 5.58. The van der Waals surface area contributed by atoms with E-state index in [1.54, 1.807) is 6.07 Å². The van der Waals surface area contributed by atoms with Gasteiger partial charge in [-0.15, -0.1) is 0 Å². The molecule has 2 N–H and O–H groups in total. The van der Waals surface area contributed by atoms with Crippen LogP contribution in [0.2, 0.25) is 0 Å². The van der Waals surface area contributed by atoms with Gasteiger partial charge in [0.05, 0.1) is 18.8 Å². The average Bonchev–Trinajstić information content (AvgIpc) is 2.14. The summed E-state index contributed by atoms with van der Waals surface area (Å²) in [6.07, 6.45) is 0.148. The number of hydrogen-bond acceptors (Lipinski definition) is 2. The number of nitrogens with two attached hydrogens (primary N) is 1. The minimum atomic E-state index is -0.275. The molecule has 0 amide bonds. The van der Waals surface area contributed by atoms with Crippen molar-refractivity contribution in [3.8, 4) is 0 Å². The molecule has 0 aromatic heterocycles. The Balaban J connectivity index is 2.69. The van der Waals surface area contributed by atoms with E-state index >= 15 is 0 Å². The van der Waals surface area contributed by atoms with Crippen molar-refractivity contribution in [2.45, 2.75) is 26.0 Å². The van der Waals surface area contributed by atoms with Crippen LogP contribution in [0.3, 0.4) is 0 Å². The standard InChI is InChI=1S/C11H15BrFNO/c1-7(2)15-6-11(14)9-4-3-8(13)5-10(9)12/h3-5,7,11H,6,14H2,1-2H3. The van der Waals surface area contributed by atoms with Gasteiger partial charge in [-0.1, -0.05) is 22.0 Å². The third-order valence-corrected chi connectivity index (χ3v) is 2.66. The summed E-state index contributed by atoms with van der Waals surface area (Å²) in [5.74, 6) is -0.275. The van der Waals surface area contributed by atoms with Gasteiger partial charge in [0, 0.05) is 4.47 Å². The van der Waals surface area contributed by atoms with E-state index in [1.807, 2.05) is 13.8 Å². The lowest BCUT2D eigenvalue weighted by molar-refractivity contribution is 0.0682. The van der Waals surface area contributed by atoms with E-state index in [9.17, 15) is 4.39 Å². The monoisotopic (exact) mass is 275 g/mol. The van der Waals surface area contributed by atoms with Crippen LogP contribution in [-0.4, -0.2) is 12.7 Å². The van der Waals surface area contributed by atoms with Gasteiger partial charge in [0.1, 0.15) is 5.82 Å². The van der Waals surface area contributed by atoms with Crippen LogP contribution in [0.1, 0.15) is 25.5 Å². The topological polar surface area (TPSA) is 35.2 Å². The van der Waals surface area contributed by atoms with Gasteiger partial charge in [-0.25, -0.2) is 4.39 Å². The molecule has 0 aliphatic heterocycles. The molecule has 0 heterocycles. The molecule has 1 aromatic rings. The summed E-state index contributed by atoms with van der Waals surface area (Å²) >= 11 is 3.28. The number of ether oxygens (including phenoxy) is 1. The van der Waals surface area contributed by atoms with Crippen LogP contribution in [0, 0.1) is 5.82 Å². The van der Waals surface area contributed by atoms with E-state index in [-0.39, 0.29) is 18.0 Å². The lowest BCUT2D eigenvalue weighted by Gasteiger charge is -2.16. The Morgan fingerprint density at radius 1 is 1.47 bits per heavy atom. The van der Waals surface area contributed by atoms with Crippen molar-refractivity contribution >= 4 is 15.9 Å². The van der Waals surface area contributed by atoms with Gasteiger partial charge in [0.15, 0.2) is 0 Å². The summed E-state index contributed by atoms with van der Waals surface area (Å²) < 4.78 is 18.9. The minimum Gasteiger partial charge on any atom is -0.377 e. The molecule has 4 heteroatoms. The highest BCUT2D eigenvalue weighted by atomic mass is 79.9. The van der Waals surface area contributed by atoms with E-state index in [4.69, 9.17) is 10.5 Å². The van der Waals surface area contributed by atoms with Gasteiger partial charge >= 0.3 is 0 Å². The SMILES string of the molecule is CC(C)OCC(N)c1ccc(F)cc1Br. The highest BCUT2D eigenvalue weighted by Gasteiger charge is 2.11. The summed E-state index contributed by atoms with van der Waals surface area (Å²) in [6.45, 7) is 4.33. The second-order valence-corrected chi connectivity index (χ2v) is 4.51. The predicted molar refractivity (Wildman–Crippen MR) is 62.1 cm³/mol. The Bertz CT molecular complexity index is 330. The third kappa shape index (κ3) is 3.89. The van der Waals surface area contributed by atoms with E-state index in [1.165, 1.54) is 12.1 Å². The fraction of sp³-hybridized carbons (Fsp3) is 0.455. The Kier molecular flexibility index (Phi) is 4.70. The van der Waals surface area contributed by atoms with Crippen molar-refractivity contribution in [2.24, 2.45) is 5.73 Å². The lowest BCUT2D eigenvalue weighted by Crippen LogP contribution is -2.20. The zero-order valence-electron chi connectivity index (χ0n) is 8.84. The van der Waals surface area contributed by atoms with E-state index in [0.29, 0.717) is 11.1 Å². The highest BCUT2D eigenvalue weighted by molar-refractivity contribution is 9.10. The zero-order chi connectivity index (χ0) is 11.4. The summed E-state index contributed by atoms with van der Waals surface area (Å²) in [4.78, 5) is 0. The molecule has 84 valence electrons. The molecule has 0 bridgehead atoms. The van der Waals surface area contributed by atoms with Crippen LogP contribution in [0.25, 0.3) is 0 Å². The van der Waals surface area contributed by atoms with Gasteiger partial charge in [-0.2, -0.15) is 0 Å². The fourth-order valence-electron chi connectivity index (χ4n) is 1.19. The van der Waals surface area contributed by atoms with Gasteiger partial charge in [0.2, 0.25) is 0 Å². The smallest absolute Gasteiger partial charge is 0.124 e. The maximum atomic E-state index is 12.8. The van der Waals surface area contributed by atoms with Crippen molar-refractivity contribution in [3.63, 3.8) is 0 Å². The second-order valence-electron chi connectivity index (χ2n) is 3.65. The Morgan fingerprint density at radius 2 is 2.13 bits per heavy atom. The molecule has 2 nitrogen and oxygen atoms in total. The van der Waals surface area contributed by atoms with E-state index < -0.39 is 0 Å². The molecule has 15 heavy (non-hydrogen) atoms. The maximum absolute atomic E-state index is 12.8. The van der Waals surface area contributed by atoms with Crippen molar-refractivity contribution in [1.82, 2.24) is 0 Å². The molecule has 0 aliphatic rings. The van der Waals surface area contributed by atoms with Crippen molar-refractivity contribution < 1.29 is 9.13 Å². The predicted octanol–water partition coefficient (Wildman–Crippen LogP) is 3.01. The highest BCUT2D eigenvalue weighted by Crippen LogP contribution is 2.23. The molecule has 1 rings (SSSR count). The lowest BCUT2D eigenvalue weighted by atomic mass is 10.1. The molecule has 0 saturated carbocycles. The third-order valence-electron chi connectivity index (χ3n) is 1.97. The first-order chi connectivity index (χ1) is 7.00. The van der Waals surface area contributed by atoms with Crippen LogP contribution in [0.15, 0.2) is 22.7 Å². The summed E-state index contributed by atoms with van der Waals surface area (Å²) in [5, 5.41) is 0. The molecule has 0 radical (unpaired) electrons. The summed E-state index contributed by atoms with van der Waals surface area (Å²) in [5.41, 5.74) is 6.78. The zero-order valence-corrected chi connectivity index (χ0v) is 10.4. The normalized spacial score (nSPS) is 13.2. The summed E-state index contributed by atoms with van der Waals surface area (Å²) in [7, 11) is 0.